The molecule has 0 unspecified atom stereocenters. The number of benzene rings is 2. The van der Waals surface area contributed by atoms with E-state index in [1.54, 1.807) is 4.90 Å². The van der Waals surface area contributed by atoms with Gasteiger partial charge in [-0.15, -0.1) is 0 Å². The van der Waals surface area contributed by atoms with Crippen LogP contribution < -0.4 is 10.5 Å². The number of carbonyl (C=O) groups is 2. The van der Waals surface area contributed by atoms with E-state index in [2.05, 4.69) is 5.32 Å². The second-order valence-electron chi connectivity index (χ2n) is 7.23. The van der Waals surface area contributed by atoms with Crippen LogP contribution >= 0.6 is 0 Å². The minimum absolute atomic E-state index is 0.0270. The number of anilines is 1. The van der Waals surface area contributed by atoms with Gasteiger partial charge in [0.1, 0.15) is 0 Å². The molecule has 0 aromatic heterocycles. The SMILES string of the molecule is NS(=O)(=O)c1cccc(NC(=O)CN2CCN(C(=O)c3ccccc3C(F)(F)F)CC2)c1. The van der Waals surface area contributed by atoms with Crippen LogP contribution in [0.2, 0.25) is 0 Å². The molecule has 8 nitrogen and oxygen atoms in total. The highest BCUT2D eigenvalue weighted by atomic mass is 32.2. The highest BCUT2D eigenvalue weighted by Crippen LogP contribution is 2.32. The smallest absolute Gasteiger partial charge is 0.336 e. The summed E-state index contributed by atoms with van der Waals surface area (Å²) in [6.07, 6.45) is -4.63. The number of amides is 2. The predicted octanol–water partition coefficient (Wildman–Crippen LogP) is 1.75. The number of carbonyl (C=O) groups excluding carboxylic acids is 2. The van der Waals surface area contributed by atoms with Crippen molar-refractivity contribution in [1.29, 1.82) is 0 Å². The summed E-state index contributed by atoms with van der Waals surface area (Å²) in [6, 6.07) is 10.1. The molecule has 0 radical (unpaired) electrons. The van der Waals surface area contributed by atoms with Crippen LogP contribution in [0.1, 0.15) is 15.9 Å². The number of primary sulfonamides is 1. The molecule has 172 valence electrons. The summed E-state index contributed by atoms with van der Waals surface area (Å²) in [5.74, 6) is -1.11. The standard InChI is InChI=1S/C20H21F3N4O4S/c21-20(22,23)17-7-2-1-6-16(17)19(29)27-10-8-26(9-11-27)13-18(28)25-14-4-3-5-15(12-14)32(24,30)31/h1-7,12H,8-11,13H2,(H,25,28)(H2,24,30,31). The summed E-state index contributed by atoms with van der Waals surface area (Å²) in [7, 11) is -3.91. The third kappa shape index (κ3) is 5.84. The van der Waals surface area contributed by atoms with Crippen LogP contribution in [-0.2, 0) is 21.0 Å². The van der Waals surface area contributed by atoms with Crippen LogP contribution in [0, 0.1) is 0 Å². The van der Waals surface area contributed by atoms with Gasteiger partial charge in [-0.1, -0.05) is 18.2 Å². The quantitative estimate of drug-likeness (QED) is 0.692. The second kappa shape index (κ2) is 9.27. The Labute approximate surface area is 182 Å². The van der Waals surface area contributed by atoms with Crippen molar-refractivity contribution < 1.29 is 31.2 Å². The third-order valence-corrected chi connectivity index (χ3v) is 5.85. The van der Waals surface area contributed by atoms with Crippen molar-refractivity contribution >= 4 is 27.5 Å². The van der Waals surface area contributed by atoms with E-state index in [4.69, 9.17) is 5.14 Å². The highest BCUT2D eigenvalue weighted by Gasteiger charge is 2.36. The molecule has 1 aliphatic rings. The Balaban J connectivity index is 1.57. The molecule has 0 bridgehead atoms. The van der Waals surface area contributed by atoms with E-state index in [1.165, 1.54) is 41.3 Å². The first-order valence-corrected chi connectivity index (χ1v) is 11.1. The van der Waals surface area contributed by atoms with E-state index in [-0.39, 0.29) is 30.2 Å². The van der Waals surface area contributed by atoms with Crippen molar-refractivity contribution in [1.82, 2.24) is 9.80 Å². The number of hydrogen-bond acceptors (Lipinski definition) is 5. The van der Waals surface area contributed by atoms with Gasteiger partial charge in [0.15, 0.2) is 0 Å². The van der Waals surface area contributed by atoms with Gasteiger partial charge in [0.25, 0.3) is 5.91 Å². The summed E-state index contributed by atoms with van der Waals surface area (Å²) in [5.41, 5.74) is -1.12. The first kappa shape index (κ1) is 23.7. The fraction of sp³-hybridized carbons (Fsp3) is 0.300. The molecule has 12 heteroatoms. The Bertz CT molecular complexity index is 1110. The fourth-order valence-corrected chi connectivity index (χ4v) is 3.91. The average Bonchev–Trinajstić information content (AvgIpc) is 2.73. The largest absolute Gasteiger partial charge is 0.417 e. The highest BCUT2D eigenvalue weighted by molar-refractivity contribution is 7.89. The molecule has 2 aromatic rings. The topological polar surface area (TPSA) is 113 Å². The van der Waals surface area contributed by atoms with Crippen LogP contribution in [0.5, 0.6) is 0 Å². The number of nitrogens with two attached hydrogens (primary N) is 1. The number of hydrogen-bond donors (Lipinski definition) is 2. The maximum atomic E-state index is 13.2. The molecule has 2 aromatic carbocycles. The maximum absolute atomic E-state index is 13.2. The Morgan fingerprint density at radius 1 is 1.00 bits per heavy atom. The van der Waals surface area contributed by atoms with Crippen LogP contribution in [0.15, 0.2) is 53.4 Å². The monoisotopic (exact) mass is 470 g/mol. The van der Waals surface area contributed by atoms with Crippen molar-refractivity contribution in [2.24, 2.45) is 5.14 Å². The molecule has 3 N–H and O–H groups in total. The van der Waals surface area contributed by atoms with Gasteiger partial charge in [-0.25, -0.2) is 13.6 Å². The van der Waals surface area contributed by atoms with Crippen LogP contribution in [0.25, 0.3) is 0 Å². The molecule has 3 rings (SSSR count). The Hall–Kier alpha value is -2.96. The summed E-state index contributed by atoms with van der Waals surface area (Å²) < 4.78 is 62.4. The zero-order chi connectivity index (χ0) is 23.5. The Morgan fingerprint density at radius 3 is 2.28 bits per heavy atom. The van der Waals surface area contributed by atoms with Gasteiger partial charge < -0.3 is 10.2 Å². The molecule has 1 heterocycles. The molecular formula is C20H21F3N4O4S. The van der Waals surface area contributed by atoms with Gasteiger partial charge in [-0.2, -0.15) is 13.2 Å². The van der Waals surface area contributed by atoms with Crippen molar-refractivity contribution in [3.05, 3.63) is 59.7 Å². The molecule has 32 heavy (non-hydrogen) atoms. The minimum Gasteiger partial charge on any atom is -0.336 e. The van der Waals surface area contributed by atoms with E-state index in [0.29, 0.717) is 13.1 Å². The summed E-state index contributed by atoms with van der Waals surface area (Å²) in [4.78, 5) is 27.9. The molecular weight excluding hydrogens is 449 g/mol. The average molecular weight is 470 g/mol. The molecule has 1 saturated heterocycles. The second-order valence-corrected chi connectivity index (χ2v) is 8.79. The van der Waals surface area contributed by atoms with Crippen LogP contribution in [0.3, 0.4) is 0 Å². The first-order chi connectivity index (χ1) is 14.9. The number of rotatable bonds is 5. The lowest BCUT2D eigenvalue weighted by Crippen LogP contribution is -2.50. The molecule has 1 aliphatic heterocycles. The summed E-state index contributed by atoms with van der Waals surface area (Å²) in [5, 5.41) is 7.65. The molecule has 0 spiro atoms. The van der Waals surface area contributed by atoms with E-state index >= 15 is 0 Å². The molecule has 2 amide bonds. The number of alkyl halides is 3. The Morgan fingerprint density at radius 2 is 1.66 bits per heavy atom. The minimum atomic E-state index is -4.63. The molecule has 0 atom stereocenters. The van der Waals surface area contributed by atoms with Crippen molar-refractivity contribution in [2.75, 3.05) is 38.0 Å². The van der Waals surface area contributed by atoms with Crippen molar-refractivity contribution in [3.8, 4) is 0 Å². The van der Waals surface area contributed by atoms with Gasteiger partial charge >= 0.3 is 6.18 Å². The van der Waals surface area contributed by atoms with E-state index in [0.717, 1.165) is 12.1 Å². The first-order valence-electron chi connectivity index (χ1n) is 9.56. The third-order valence-electron chi connectivity index (χ3n) is 4.94. The number of nitrogens with one attached hydrogen (secondary N) is 1. The molecule has 0 aliphatic carbocycles. The van der Waals surface area contributed by atoms with Crippen molar-refractivity contribution in [2.45, 2.75) is 11.1 Å². The lowest BCUT2D eigenvalue weighted by molar-refractivity contribution is -0.138. The van der Waals surface area contributed by atoms with Crippen LogP contribution in [-0.4, -0.2) is 62.8 Å². The van der Waals surface area contributed by atoms with Gasteiger partial charge in [0.05, 0.1) is 22.6 Å². The molecule has 0 saturated carbocycles. The number of piperazine rings is 1. The van der Waals surface area contributed by atoms with E-state index < -0.39 is 39.1 Å². The zero-order valence-electron chi connectivity index (χ0n) is 16.8. The lowest BCUT2D eigenvalue weighted by Gasteiger charge is -2.34. The molecule has 1 fully saturated rings. The number of halogens is 3. The van der Waals surface area contributed by atoms with Crippen molar-refractivity contribution in [3.63, 3.8) is 0 Å². The lowest BCUT2D eigenvalue weighted by atomic mass is 10.1. The summed E-state index contributed by atoms with van der Waals surface area (Å²) >= 11 is 0. The predicted molar refractivity (Wildman–Crippen MR) is 110 cm³/mol. The fourth-order valence-electron chi connectivity index (χ4n) is 3.35. The van der Waals surface area contributed by atoms with E-state index in [1.807, 2.05) is 0 Å². The Kier molecular flexibility index (Phi) is 6.86. The van der Waals surface area contributed by atoms with Gasteiger partial charge in [0, 0.05) is 31.9 Å². The van der Waals surface area contributed by atoms with Gasteiger partial charge in [0.2, 0.25) is 15.9 Å². The number of sulfonamides is 1. The van der Waals surface area contributed by atoms with Gasteiger partial charge in [-0.3, -0.25) is 14.5 Å². The van der Waals surface area contributed by atoms with E-state index in [9.17, 15) is 31.2 Å². The van der Waals surface area contributed by atoms with Gasteiger partial charge in [-0.05, 0) is 30.3 Å². The number of nitrogens with zero attached hydrogens (tertiary/aromatic N) is 2. The zero-order valence-corrected chi connectivity index (χ0v) is 17.6. The maximum Gasteiger partial charge on any atom is 0.417 e. The van der Waals surface area contributed by atoms with Crippen LogP contribution in [0.4, 0.5) is 18.9 Å². The normalized spacial score (nSPS) is 15.4. The summed E-state index contributed by atoms with van der Waals surface area (Å²) in [6.45, 7) is 0.897.